The van der Waals surface area contributed by atoms with E-state index in [0.717, 1.165) is 39.8 Å². The maximum absolute atomic E-state index is 6.48. The van der Waals surface area contributed by atoms with Crippen LogP contribution in [0.1, 0.15) is 25.1 Å². The summed E-state index contributed by atoms with van der Waals surface area (Å²) < 4.78 is 12.6. The van der Waals surface area contributed by atoms with Gasteiger partial charge in [-0.25, -0.2) is 0 Å². The molecule has 0 aliphatic carbocycles. The number of hydrogen-bond acceptors (Lipinski definition) is 7. The maximum Gasteiger partial charge on any atom is 0.247 e. The minimum atomic E-state index is -0.508. The molecule has 1 aromatic heterocycles. The normalized spacial score (nSPS) is 14.7. The Hall–Kier alpha value is -3.32. The molecule has 6 nitrogen and oxygen atoms in total. The molecular formula is C24H22N4O2S. The molecule has 1 atom stereocenters. The number of fused-ring (bicyclic) bond motifs is 4. The number of hydrogen-bond donors (Lipinski definition) is 1. The molecule has 0 fully saturated rings. The van der Waals surface area contributed by atoms with Gasteiger partial charge in [-0.05, 0) is 35.6 Å². The molecule has 156 valence electrons. The lowest BCUT2D eigenvalue weighted by atomic mass is 10.0. The molecule has 0 saturated carbocycles. The van der Waals surface area contributed by atoms with Crippen molar-refractivity contribution >= 4 is 28.2 Å². The molecule has 0 saturated heterocycles. The van der Waals surface area contributed by atoms with E-state index in [0.29, 0.717) is 23.3 Å². The van der Waals surface area contributed by atoms with Gasteiger partial charge >= 0.3 is 0 Å². The van der Waals surface area contributed by atoms with E-state index in [9.17, 15) is 0 Å². The van der Waals surface area contributed by atoms with Gasteiger partial charge in [-0.1, -0.05) is 67.2 Å². The molecule has 1 aliphatic rings. The molecular weight excluding hydrogens is 408 g/mol. The van der Waals surface area contributed by atoms with Crippen molar-refractivity contribution in [2.24, 2.45) is 0 Å². The first-order chi connectivity index (χ1) is 15.3. The van der Waals surface area contributed by atoms with Crippen LogP contribution in [0, 0.1) is 0 Å². The minimum absolute atomic E-state index is 0.455. The van der Waals surface area contributed by atoms with Crippen molar-refractivity contribution in [2.75, 3.05) is 18.2 Å². The number of rotatable bonds is 5. The number of benzene rings is 3. The van der Waals surface area contributed by atoms with Crippen LogP contribution in [0.2, 0.25) is 0 Å². The second kappa shape index (κ2) is 8.43. The van der Waals surface area contributed by atoms with Crippen LogP contribution < -0.4 is 14.8 Å². The highest BCUT2D eigenvalue weighted by atomic mass is 32.2. The van der Waals surface area contributed by atoms with Gasteiger partial charge < -0.3 is 14.8 Å². The molecule has 0 bridgehead atoms. The van der Waals surface area contributed by atoms with Crippen LogP contribution in [-0.2, 0) is 0 Å². The van der Waals surface area contributed by atoms with Gasteiger partial charge in [0.1, 0.15) is 5.75 Å². The fourth-order valence-electron chi connectivity index (χ4n) is 3.75. The van der Waals surface area contributed by atoms with Gasteiger partial charge in [0.25, 0.3) is 0 Å². The van der Waals surface area contributed by atoms with E-state index in [2.05, 4.69) is 45.6 Å². The zero-order chi connectivity index (χ0) is 21.2. The second-order valence-electron chi connectivity index (χ2n) is 7.19. The average Bonchev–Trinajstić information content (AvgIpc) is 2.98. The standard InChI is InChI=1S/C24H22N4O2S/c1-3-14-29-19-13-12-15-8-4-5-9-16(15)20(19)22-25-18-11-7-6-10-17(18)21-23(30-22)26-24(31-2)28-27-21/h4-13,22,25H,3,14H2,1-2H3/t22-/m1/s1. The lowest BCUT2D eigenvalue weighted by Crippen LogP contribution is -2.19. The largest absolute Gasteiger partial charge is 0.493 e. The van der Waals surface area contributed by atoms with Gasteiger partial charge in [0.05, 0.1) is 12.2 Å². The molecule has 2 heterocycles. The first-order valence-corrected chi connectivity index (χ1v) is 11.5. The lowest BCUT2D eigenvalue weighted by molar-refractivity contribution is 0.217. The number of para-hydroxylation sites is 1. The Kier molecular flexibility index (Phi) is 5.34. The minimum Gasteiger partial charge on any atom is -0.493 e. The first kappa shape index (κ1) is 19.6. The quantitative estimate of drug-likeness (QED) is 0.407. The van der Waals surface area contributed by atoms with Crippen molar-refractivity contribution < 1.29 is 9.47 Å². The molecule has 1 N–H and O–H groups in total. The third kappa shape index (κ3) is 3.65. The van der Waals surface area contributed by atoms with Crippen molar-refractivity contribution in [3.63, 3.8) is 0 Å². The number of anilines is 1. The van der Waals surface area contributed by atoms with Crippen LogP contribution in [-0.4, -0.2) is 28.0 Å². The van der Waals surface area contributed by atoms with E-state index in [1.54, 1.807) is 0 Å². The Morgan fingerprint density at radius 1 is 1.03 bits per heavy atom. The van der Waals surface area contributed by atoms with Gasteiger partial charge in [0.2, 0.25) is 17.3 Å². The highest BCUT2D eigenvalue weighted by Crippen LogP contribution is 2.43. The van der Waals surface area contributed by atoms with Crippen LogP contribution in [0.3, 0.4) is 0 Å². The molecule has 0 unspecified atom stereocenters. The van der Waals surface area contributed by atoms with Crippen LogP contribution in [0.15, 0.2) is 65.8 Å². The summed E-state index contributed by atoms with van der Waals surface area (Å²) >= 11 is 1.43. The van der Waals surface area contributed by atoms with Gasteiger partial charge in [-0.15, -0.1) is 10.2 Å². The van der Waals surface area contributed by atoms with Crippen molar-refractivity contribution in [3.8, 4) is 22.9 Å². The highest BCUT2D eigenvalue weighted by Gasteiger charge is 2.29. The molecule has 3 aromatic carbocycles. The van der Waals surface area contributed by atoms with E-state index in [1.807, 2.05) is 48.7 Å². The van der Waals surface area contributed by atoms with Gasteiger partial charge in [-0.2, -0.15) is 4.98 Å². The molecule has 0 spiro atoms. The summed E-state index contributed by atoms with van der Waals surface area (Å²) in [7, 11) is 0. The van der Waals surface area contributed by atoms with Crippen LogP contribution in [0.25, 0.3) is 22.0 Å². The predicted octanol–water partition coefficient (Wildman–Crippen LogP) is 5.71. The molecule has 31 heavy (non-hydrogen) atoms. The van der Waals surface area contributed by atoms with E-state index < -0.39 is 6.23 Å². The third-order valence-electron chi connectivity index (χ3n) is 5.17. The third-order valence-corrected chi connectivity index (χ3v) is 5.71. The zero-order valence-electron chi connectivity index (χ0n) is 17.3. The molecule has 1 aliphatic heterocycles. The SMILES string of the molecule is CCCOc1ccc2ccccc2c1[C@@H]1Nc2ccccc2-c2nnc(SC)nc2O1. The van der Waals surface area contributed by atoms with E-state index >= 15 is 0 Å². The fourth-order valence-corrected chi connectivity index (χ4v) is 4.04. The highest BCUT2D eigenvalue weighted by molar-refractivity contribution is 7.98. The Balaban J connectivity index is 1.71. The van der Waals surface area contributed by atoms with E-state index in [1.165, 1.54) is 11.8 Å². The van der Waals surface area contributed by atoms with Gasteiger partial charge in [0, 0.05) is 11.3 Å². The van der Waals surface area contributed by atoms with Gasteiger partial charge in [-0.3, -0.25) is 0 Å². The van der Waals surface area contributed by atoms with Crippen molar-refractivity contribution in [3.05, 3.63) is 66.2 Å². The van der Waals surface area contributed by atoms with Crippen molar-refractivity contribution in [2.45, 2.75) is 24.7 Å². The Morgan fingerprint density at radius 3 is 2.74 bits per heavy atom. The predicted molar refractivity (Wildman–Crippen MR) is 124 cm³/mol. The second-order valence-corrected chi connectivity index (χ2v) is 7.96. The Morgan fingerprint density at radius 2 is 1.87 bits per heavy atom. The summed E-state index contributed by atoms with van der Waals surface area (Å²) in [4.78, 5) is 4.62. The molecule has 4 aromatic rings. The topological polar surface area (TPSA) is 69.2 Å². The maximum atomic E-state index is 6.48. The van der Waals surface area contributed by atoms with E-state index in [-0.39, 0.29) is 0 Å². The van der Waals surface area contributed by atoms with Crippen LogP contribution in [0.4, 0.5) is 5.69 Å². The average molecular weight is 431 g/mol. The Labute approximate surface area is 185 Å². The summed E-state index contributed by atoms with van der Waals surface area (Å²) in [5, 5.41) is 15.0. The van der Waals surface area contributed by atoms with Crippen molar-refractivity contribution in [1.82, 2.24) is 15.2 Å². The zero-order valence-corrected chi connectivity index (χ0v) is 18.1. The number of aromatic nitrogens is 3. The first-order valence-electron chi connectivity index (χ1n) is 10.2. The van der Waals surface area contributed by atoms with Crippen molar-refractivity contribution in [1.29, 1.82) is 0 Å². The summed E-state index contributed by atoms with van der Waals surface area (Å²) in [5.41, 5.74) is 3.38. The van der Waals surface area contributed by atoms with Crippen LogP contribution in [0.5, 0.6) is 11.6 Å². The number of nitrogens with zero attached hydrogens (tertiary/aromatic N) is 3. The van der Waals surface area contributed by atoms with E-state index in [4.69, 9.17) is 9.47 Å². The lowest BCUT2D eigenvalue weighted by Gasteiger charge is -2.23. The summed E-state index contributed by atoms with van der Waals surface area (Å²) in [6.07, 6.45) is 2.34. The smallest absolute Gasteiger partial charge is 0.247 e. The van der Waals surface area contributed by atoms with Crippen LogP contribution >= 0.6 is 11.8 Å². The summed E-state index contributed by atoms with van der Waals surface area (Å²) in [6, 6.07) is 20.3. The molecule has 0 radical (unpaired) electrons. The molecule has 5 rings (SSSR count). The Bertz CT molecular complexity index is 1250. The summed E-state index contributed by atoms with van der Waals surface area (Å²) in [5.74, 6) is 1.25. The fraction of sp³-hybridized carbons (Fsp3) is 0.208. The monoisotopic (exact) mass is 430 g/mol. The number of thioether (sulfide) groups is 1. The number of nitrogens with one attached hydrogen (secondary N) is 1. The molecule has 0 amide bonds. The van der Waals surface area contributed by atoms with Gasteiger partial charge in [0.15, 0.2) is 5.69 Å². The number of ether oxygens (including phenoxy) is 2. The summed E-state index contributed by atoms with van der Waals surface area (Å²) in [6.45, 7) is 2.73. The molecule has 7 heteroatoms.